The van der Waals surface area contributed by atoms with E-state index in [1.807, 2.05) is 32.0 Å². The summed E-state index contributed by atoms with van der Waals surface area (Å²) in [5.41, 5.74) is 0.636. The second-order valence-electron chi connectivity index (χ2n) is 5.68. The average Bonchev–Trinajstić information content (AvgIpc) is 2.89. The third-order valence-corrected chi connectivity index (χ3v) is 3.93. The number of aliphatic hydroxyl groups is 1. The fraction of sp³-hybridized carbons (Fsp3) is 0.647. The first-order chi connectivity index (χ1) is 10.2. The molecule has 0 saturated heterocycles. The minimum Gasteiger partial charge on any atom is -0.490 e. The van der Waals surface area contributed by atoms with Gasteiger partial charge in [-0.25, -0.2) is 0 Å². The van der Waals surface area contributed by atoms with Crippen LogP contribution in [0.4, 0.5) is 0 Å². The third kappa shape index (κ3) is 4.61. The zero-order chi connectivity index (χ0) is 15.1. The molecule has 0 aromatic heterocycles. The van der Waals surface area contributed by atoms with Gasteiger partial charge < -0.3 is 19.9 Å². The number of rotatable bonds is 8. The average molecular weight is 293 g/mol. The van der Waals surface area contributed by atoms with E-state index in [0.29, 0.717) is 19.8 Å². The topological polar surface area (TPSA) is 50.7 Å². The molecular formula is C17H27NO3. The molecule has 1 saturated carbocycles. The van der Waals surface area contributed by atoms with Crippen molar-refractivity contribution in [3.05, 3.63) is 23.8 Å². The highest BCUT2D eigenvalue weighted by atomic mass is 16.5. The molecule has 4 heteroatoms. The van der Waals surface area contributed by atoms with Crippen molar-refractivity contribution >= 4 is 0 Å². The lowest BCUT2D eigenvalue weighted by Crippen LogP contribution is -2.37. The van der Waals surface area contributed by atoms with E-state index >= 15 is 0 Å². The quantitative estimate of drug-likeness (QED) is 0.774. The van der Waals surface area contributed by atoms with E-state index in [4.69, 9.17) is 9.47 Å². The van der Waals surface area contributed by atoms with Gasteiger partial charge in [-0.2, -0.15) is 0 Å². The van der Waals surface area contributed by atoms with Crippen molar-refractivity contribution < 1.29 is 14.6 Å². The predicted molar refractivity (Wildman–Crippen MR) is 83.9 cm³/mol. The third-order valence-electron chi connectivity index (χ3n) is 3.93. The molecule has 0 aliphatic heterocycles. The number of benzene rings is 1. The van der Waals surface area contributed by atoms with Gasteiger partial charge >= 0.3 is 0 Å². The van der Waals surface area contributed by atoms with Gasteiger partial charge in [0.2, 0.25) is 0 Å². The molecule has 2 rings (SSSR count). The van der Waals surface area contributed by atoms with Crippen molar-refractivity contribution in [1.29, 1.82) is 0 Å². The van der Waals surface area contributed by atoms with Gasteiger partial charge in [-0.05, 0) is 44.4 Å². The summed E-state index contributed by atoms with van der Waals surface area (Å²) < 4.78 is 11.2. The fourth-order valence-corrected chi connectivity index (χ4v) is 2.85. The maximum absolute atomic E-state index is 10.3. The summed E-state index contributed by atoms with van der Waals surface area (Å²) >= 11 is 0. The van der Waals surface area contributed by atoms with Crippen molar-refractivity contribution in [2.45, 2.75) is 51.7 Å². The van der Waals surface area contributed by atoms with Gasteiger partial charge in [0.25, 0.3) is 0 Å². The summed E-state index contributed by atoms with van der Waals surface area (Å²) in [4.78, 5) is 0. The molecule has 0 atom stereocenters. The van der Waals surface area contributed by atoms with Crippen molar-refractivity contribution in [3.8, 4) is 11.5 Å². The van der Waals surface area contributed by atoms with Crippen LogP contribution in [0, 0.1) is 0 Å². The number of ether oxygens (including phenoxy) is 2. The Morgan fingerprint density at radius 3 is 2.43 bits per heavy atom. The van der Waals surface area contributed by atoms with Crippen molar-refractivity contribution in [2.75, 3.05) is 19.8 Å². The van der Waals surface area contributed by atoms with Gasteiger partial charge in [-0.15, -0.1) is 0 Å². The minimum atomic E-state index is -0.506. The van der Waals surface area contributed by atoms with E-state index in [2.05, 4.69) is 5.32 Å². The minimum absolute atomic E-state index is 0.506. The summed E-state index contributed by atoms with van der Waals surface area (Å²) in [6.45, 7) is 6.57. The lowest BCUT2D eigenvalue weighted by molar-refractivity contribution is 0.0475. The molecule has 1 aromatic carbocycles. The zero-order valence-corrected chi connectivity index (χ0v) is 13.2. The molecule has 0 unspecified atom stereocenters. The van der Waals surface area contributed by atoms with Crippen molar-refractivity contribution in [3.63, 3.8) is 0 Å². The Hall–Kier alpha value is -1.26. The number of nitrogens with one attached hydrogen (secondary N) is 1. The van der Waals surface area contributed by atoms with Gasteiger partial charge in [0, 0.05) is 13.1 Å². The van der Waals surface area contributed by atoms with Crippen LogP contribution in [0.15, 0.2) is 18.2 Å². The van der Waals surface area contributed by atoms with Crippen LogP contribution in [0.5, 0.6) is 11.5 Å². The molecule has 0 spiro atoms. The summed E-state index contributed by atoms with van der Waals surface area (Å²) in [6, 6.07) is 6.01. The predicted octanol–water partition coefficient (Wildman–Crippen LogP) is 2.88. The Bertz CT molecular complexity index is 442. The van der Waals surface area contributed by atoms with E-state index in [-0.39, 0.29) is 0 Å². The van der Waals surface area contributed by atoms with E-state index < -0.39 is 5.60 Å². The molecule has 2 N–H and O–H groups in total. The first-order valence-electron chi connectivity index (χ1n) is 7.98. The molecule has 1 fully saturated rings. The van der Waals surface area contributed by atoms with Crippen LogP contribution >= 0.6 is 0 Å². The Balaban J connectivity index is 1.91. The van der Waals surface area contributed by atoms with Crippen LogP contribution < -0.4 is 14.8 Å². The highest BCUT2D eigenvalue weighted by Crippen LogP contribution is 2.30. The van der Waals surface area contributed by atoms with Crippen LogP contribution in [0.1, 0.15) is 45.1 Å². The normalized spacial score (nSPS) is 16.9. The van der Waals surface area contributed by atoms with Crippen LogP contribution in [0.25, 0.3) is 0 Å². The fourth-order valence-electron chi connectivity index (χ4n) is 2.85. The molecule has 4 nitrogen and oxygen atoms in total. The molecule has 0 amide bonds. The van der Waals surface area contributed by atoms with Crippen LogP contribution in [-0.2, 0) is 6.54 Å². The Morgan fingerprint density at radius 2 is 1.76 bits per heavy atom. The van der Waals surface area contributed by atoms with Gasteiger partial charge in [0.15, 0.2) is 11.5 Å². The van der Waals surface area contributed by atoms with E-state index in [9.17, 15) is 5.11 Å². The molecular weight excluding hydrogens is 266 g/mol. The van der Waals surface area contributed by atoms with Gasteiger partial charge in [0.05, 0.1) is 18.8 Å². The smallest absolute Gasteiger partial charge is 0.161 e. The maximum atomic E-state index is 10.3. The molecule has 21 heavy (non-hydrogen) atoms. The summed E-state index contributed by atoms with van der Waals surface area (Å²) in [5, 5.41) is 13.7. The molecule has 1 aromatic rings. The molecule has 0 radical (unpaired) electrons. The summed E-state index contributed by atoms with van der Waals surface area (Å²) in [6.07, 6.45) is 4.09. The van der Waals surface area contributed by atoms with Crippen LogP contribution in [0.3, 0.4) is 0 Å². The molecule has 0 bridgehead atoms. The monoisotopic (exact) mass is 293 g/mol. The number of hydrogen-bond acceptors (Lipinski definition) is 4. The zero-order valence-electron chi connectivity index (χ0n) is 13.2. The molecule has 1 aliphatic rings. The summed E-state index contributed by atoms with van der Waals surface area (Å²) in [7, 11) is 0. The highest BCUT2D eigenvalue weighted by Gasteiger charge is 2.30. The lowest BCUT2D eigenvalue weighted by atomic mass is 10.0. The second-order valence-corrected chi connectivity index (χ2v) is 5.68. The first-order valence-corrected chi connectivity index (χ1v) is 7.98. The second kappa shape index (κ2) is 7.66. The van der Waals surface area contributed by atoms with Crippen molar-refractivity contribution in [1.82, 2.24) is 5.32 Å². The van der Waals surface area contributed by atoms with Gasteiger partial charge in [0.1, 0.15) is 0 Å². The standard InChI is InChI=1S/C17H27NO3/c1-3-20-15-8-7-14(11-16(15)21-4-2)12-18-13-17(19)9-5-6-10-17/h7-8,11,18-19H,3-6,9-10,12-13H2,1-2H3. The summed E-state index contributed by atoms with van der Waals surface area (Å²) in [5.74, 6) is 1.58. The first kappa shape index (κ1) is 16.1. The highest BCUT2D eigenvalue weighted by molar-refractivity contribution is 5.43. The van der Waals surface area contributed by atoms with Crippen LogP contribution in [-0.4, -0.2) is 30.5 Å². The van der Waals surface area contributed by atoms with Gasteiger partial charge in [-0.3, -0.25) is 0 Å². The lowest BCUT2D eigenvalue weighted by Gasteiger charge is -2.22. The molecule has 0 heterocycles. The largest absolute Gasteiger partial charge is 0.490 e. The van der Waals surface area contributed by atoms with E-state index in [0.717, 1.165) is 49.3 Å². The Morgan fingerprint density at radius 1 is 1.10 bits per heavy atom. The van der Waals surface area contributed by atoms with Gasteiger partial charge in [-0.1, -0.05) is 18.9 Å². The maximum Gasteiger partial charge on any atom is 0.161 e. The van der Waals surface area contributed by atoms with E-state index in [1.54, 1.807) is 0 Å². The molecule has 118 valence electrons. The van der Waals surface area contributed by atoms with Crippen molar-refractivity contribution in [2.24, 2.45) is 0 Å². The Labute approximate surface area is 127 Å². The SMILES string of the molecule is CCOc1ccc(CNCC2(O)CCCC2)cc1OCC. The van der Waals surface area contributed by atoms with Crippen LogP contribution in [0.2, 0.25) is 0 Å². The Kier molecular flexibility index (Phi) is 5.88. The van der Waals surface area contributed by atoms with E-state index in [1.165, 1.54) is 0 Å². The molecule has 1 aliphatic carbocycles. The number of hydrogen-bond donors (Lipinski definition) is 2.